The van der Waals surface area contributed by atoms with Gasteiger partial charge in [-0.3, -0.25) is 9.59 Å². The third kappa shape index (κ3) is 4.77. The molecular weight excluding hydrogens is 481 g/mol. The number of hydrogen-bond donors (Lipinski definition) is 1. The number of halogens is 3. The van der Waals surface area contributed by atoms with Gasteiger partial charge < -0.3 is 10.2 Å². The van der Waals surface area contributed by atoms with Crippen LogP contribution in [0.15, 0.2) is 46.9 Å². The number of rotatable bonds is 5. The van der Waals surface area contributed by atoms with Gasteiger partial charge >= 0.3 is 0 Å². The van der Waals surface area contributed by atoms with E-state index in [1.54, 1.807) is 29.8 Å². The maximum absolute atomic E-state index is 12.8. The van der Waals surface area contributed by atoms with Gasteiger partial charge in [0.1, 0.15) is 0 Å². The molecule has 150 valence electrons. The Morgan fingerprint density at radius 2 is 1.83 bits per heavy atom. The Morgan fingerprint density at radius 3 is 2.48 bits per heavy atom. The van der Waals surface area contributed by atoms with Gasteiger partial charge in [0.05, 0.1) is 33.7 Å². The molecule has 1 N–H and O–H groups in total. The van der Waals surface area contributed by atoms with Crippen molar-refractivity contribution in [3.8, 4) is 5.69 Å². The molecule has 1 heterocycles. The normalized spacial score (nSPS) is 10.7. The van der Waals surface area contributed by atoms with E-state index in [0.717, 1.165) is 10.2 Å². The molecule has 3 aromatic rings. The minimum Gasteiger partial charge on any atom is -0.331 e. The predicted octanol–water partition coefficient (Wildman–Crippen LogP) is 4.36. The van der Waals surface area contributed by atoms with Gasteiger partial charge in [0.15, 0.2) is 5.69 Å². The van der Waals surface area contributed by atoms with E-state index in [0.29, 0.717) is 21.4 Å². The van der Waals surface area contributed by atoms with Crippen LogP contribution in [0.4, 0.5) is 5.69 Å². The lowest BCUT2D eigenvalue weighted by Crippen LogP contribution is -2.35. The van der Waals surface area contributed by atoms with Gasteiger partial charge in [0.2, 0.25) is 5.91 Å². The maximum atomic E-state index is 12.8. The largest absolute Gasteiger partial charge is 0.331 e. The zero-order valence-electron chi connectivity index (χ0n) is 15.5. The molecule has 0 radical (unpaired) electrons. The smallest absolute Gasteiger partial charge is 0.276 e. The Bertz CT molecular complexity index is 1070. The maximum Gasteiger partial charge on any atom is 0.276 e. The van der Waals surface area contributed by atoms with Gasteiger partial charge in [-0.05, 0) is 37.3 Å². The van der Waals surface area contributed by atoms with E-state index in [9.17, 15) is 9.59 Å². The zero-order chi connectivity index (χ0) is 21.1. The van der Waals surface area contributed by atoms with Gasteiger partial charge in [0.25, 0.3) is 5.91 Å². The number of benzene rings is 2. The Balaban J connectivity index is 1.73. The Kier molecular flexibility index (Phi) is 6.56. The van der Waals surface area contributed by atoms with Crippen molar-refractivity contribution in [2.75, 3.05) is 18.9 Å². The zero-order valence-corrected chi connectivity index (χ0v) is 18.6. The van der Waals surface area contributed by atoms with Crippen molar-refractivity contribution in [2.45, 2.75) is 6.92 Å². The number of carbonyl (C=O) groups is 2. The number of anilines is 1. The van der Waals surface area contributed by atoms with Crippen LogP contribution in [0.1, 0.15) is 16.2 Å². The number of amides is 2. The average Bonchev–Trinajstić information content (AvgIpc) is 3.05. The van der Waals surface area contributed by atoms with Crippen molar-refractivity contribution in [1.29, 1.82) is 0 Å². The highest BCUT2D eigenvalue weighted by Gasteiger charge is 2.23. The molecule has 0 unspecified atom stereocenters. The molecular formula is C19H16BrCl2N5O2. The fraction of sp³-hybridized carbons (Fsp3) is 0.158. The molecule has 0 spiro atoms. The molecule has 0 aliphatic heterocycles. The number of nitrogens with one attached hydrogen (secondary N) is 1. The van der Waals surface area contributed by atoms with Gasteiger partial charge in [-0.1, -0.05) is 56.5 Å². The number of hydrogen-bond acceptors (Lipinski definition) is 4. The molecule has 0 aliphatic rings. The number of aromatic nitrogens is 3. The Hall–Kier alpha value is -2.42. The van der Waals surface area contributed by atoms with Crippen molar-refractivity contribution in [3.63, 3.8) is 0 Å². The summed E-state index contributed by atoms with van der Waals surface area (Å²) in [7, 11) is 1.51. The molecule has 10 heteroatoms. The van der Waals surface area contributed by atoms with Crippen molar-refractivity contribution >= 4 is 56.6 Å². The van der Waals surface area contributed by atoms with E-state index in [1.165, 1.54) is 11.9 Å². The summed E-state index contributed by atoms with van der Waals surface area (Å²) < 4.78 is 2.44. The molecule has 7 nitrogen and oxygen atoms in total. The molecule has 0 aliphatic carbocycles. The first-order valence-electron chi connectivity index (χ1n) is 8.45. The minimum atomic E-state index is -0.437. The SMILES string of the molecule is Cc1c(C(=O)N(C)CC(=O)Nc2c(Cl)cccc2Cl)nnn1-c1cccc(Br)c1. The Morgan fingerprint density at radius 1 is 1.17 bits per heavy atom. The van der Waals surface area contributed by atoms with Gasteiger partial charge in [-0.25, -0.2) is 4.68 Å². The fourth-order valence-electron chi connectivity index (χ4n) is 2.64. The Labute approximate surface area is 185 Å². The van der Waals surface area contributed by atoms with Gasteiger partial charge in [-0.2, -0.15) is 0 Å². The first kappa shape index (κ1) is 21.3. The van der Waals surface area contributed by atoms with Crippen molar-refractivity contribution in [1.82, 2.24) is 19.9 Å². The van der Waals surface area contributed by atoms with Crippen molar-refractivity contribution < 1.29 is 9.59 Å². The fourth-order valence-corrected chi connectivity index (χ4v) is 3.52. The van der Waals surface area contributed by atoms with Crippen LogP contribution in [-0.2, 0) is 4.79 Å². The highest BCUT2D eigenvalue weighted by molar-refractivity contribution is 9.10. The standard InChI is InChI=1S/C19H16BrCl2N5O2/c1-11-17(24-25-27(11)13-6-3-5-12(20)9-13)19(29)26(2)10-16(28)23-18-14(21)7-4-8-15(18)22/h3-9H,10H2,1-2H3,(H,23,28). The molecule has 0 bridgehead atoms. The van der Waals surface area contributed by atoms with E-state index < -0.39 is 11.8 Å². The van der Waals surface area contributed by atoms with Crippen LogP contribution < -0.4 is 5.32 Å². The average molecular weight is 497 g/mol. The number of likely N-dealkylation sites (N-methyl/N-ethyl adjacent to an activating group) is 1. The van der Waals surface area contributed by atoms with E-state index >= 15 is 0 Å². The van der Waals surface area contributed by atoms with Crippen LogP contribution in [0.3, 0.4) is 0 Å². The quantitative estimate of drug-likeness (QED) is 0.569. The third-order valence-corrected chi connectivity index (χ3v) is 5.23. The van der Waals surface area contributed by atoms with Crippen LogP contribution in [-0.4, -0.2) is 45.3 Å². The summed E-state index contributed by atoms with van der Waals surface area (Å²) >= 11 is 15.5. The van der Waals surface area contributed by atoms with Crippen LogP contribution in [0.2, 0.25) is 10.0 Å². The van der Waals surface area contributed by atoms with Crippen LogP contribution >= 0.6 is 39.1 Å². The lowest BCUT2D eigenvalue weighted by atomic mass is 10.2. The third-order valence-electron chi connectivity index (χ3n) is 4.10. The summed E-state index contributed by atoms with van der Waals surface area (Å²) in [6.45, 7) is 1.54. The van der Waals surface area contributed by atoms with E-state index in [-0.39, 0.29) is 12.2 Å². The van der Waals surface area contributed by atoms with Gasteiger partial charge in [-0.15, -0.1) is 5.10 Å². The summed E-state index contributed by atoms with van der Waals surface area (Å²) in [5.41, 5.74) is 1.79. The highest BCUT2D eigenvalue weighted by Crippen LogP contribution is 2.29. The first-order valence-corrected chi connectivity index (χ1v) is 10.0. The second-order valence-electron chi connectivity index (χ2n) is 6.22. The first-order chi connectivity index (χ1) is 13.8. The van der Waals surface area contributed by atoms with Crippen molar-refractivity contribution in [2.24, 2.45) is 0 Å². The molecule has 29 heavy (non-hydrogen) atoms. The monoisotopic (exact) mass is 495 g/mol. The summed E-state index contributed by atoms with van der Waals surface area (Å²) in [6.07, 6.45) is 0. The minimum absolute atomic E-state index is 0.163. The summed E-state index contributed by atoms with van der Waals surface area (Å²) in [6, 6.07) is 12.4. The summed E-state index contributed by atoms with van der Waals surface area (Å²) in [5, 5.41) is 11.3. The van der Waals surface area contributed by atoms with Crippen molar-refractivity contribution in [3.05, 3.63) is 68.4 Å². The van der Waals surface area contributed by atoms with E-state index in [4.69, 9.17) is 23.2 Å². The van der Waals surface area contributed by atoms with E-state index in [1.807, 2.05) is 24.3 Å². The second-order valence-corrected chi connectivity index (χ2v) is 7.95. The molecule has 2 amide bonds. The molecule has 2 aromatic carbocycles. The predicted molar refractivity (Wildman–Crippen MR) is 116 cm³/mol. The lowest BCUT2D eigenvalue weighted by Gasteiger charge is -2.16. The molecule has 0 fully saturated rings. The molecule has 0 saturated heterocycles. The van der Waals surface area contributed by atoms with Gasteiger partial charge in [0, 0.05) is 11.5 Å². The molecule has 3 rings (SSSR count). The van der Waals surface area contributed by atoms with E-state index in [2.05, 4.69) is 31.6 Å². The number of nitrogens with zero attached hydrogens (tertiary/aromatic N) is 4. The summed E-state index contributed by atoms with van der Waals surface area (Å²) in [5.74, 6) is -0.864. The lowest BCUT2D eigenvalue weighted by molar-refractivity contribution is -0.116. The second kappa shape index (κ2) is 8.94. The molecule has 1 aromatic heterocycles. The topological polar surface area (TPSA) is 80.1 Å². The van der Waals surface area contributed by atoms with Crippen LogP contribution in [0.5, 0.6) is 0 Å². The highest BCUT2D eigenvalue weighted by atomic mass is 79.9. The number of carbonyl (C=O) groups excluding carboxylic acids is 2. The van der Waals surface area contributed by atoms with Crippen LogP contribution in [0.25, 0.3) is 5.69 Å². The number of para-hydroxylation sites is 1. The molecule has 0 atom stereocenters. The van der Waals surface area contributed by atoms with Crippen LogP contribution in [0, 0.1) is 6.92 Å². The summed E-state index contributed by atoms with van der Waals surface area (Å²) in [4.78, 5) is 26.4. The molecule has 0 saturated carbocycles.